The molecule has 33 heavy (non-hydrogen) atoms. The second-order valence-electron chi connectivity index (χ2n) is 6.78. The van der Waals surface area contributed by atoms with Gasteiger partial charge in [0, 0.05) is 17.9 Å². The standard InChI is InChI=1S/C22H23Cl2N3O5S/c1-14(32-18-8-7-16(23)13-17(18)24)21(30)26-27-22(33)25-19(28)9-10-20(29)31-12-11-15-5-3-2-4-6-15/h2-8,13-14H,9-12H2,1H3,(H,26,30)(H2,25,27,28,33). The van der Waals surface area contributed by atoms with E-state index in [0.717, 1.165) is 5.56 Å². The lowest BCUT2D eigenvalue weighted by atomic mass is 10.2. The predicted octanol–water partition coefficient (Wildman–Crippen LogP) is 3.35. The van der Waals surface area contributed by atoms with Crippen LogP contribution in [0.2, 0.25) is 10.0 Å². The molecule has 0 saturated heterocycles. The molecule has 1 unspecified atom stereocenters. The van der Waals surface area contributed by atoms with Crippen LogP contribution in [0.25, 0.3) is 0 Å². The molecule has 2 aromatic rings. The van der Waals surface area contributed by atoms with Gasteiger partial charge in [-0.2, -0.15) is 0 Å². The number of rotatable bonds is 9. The summed E-state index contributed by atoms with van der Waals surface area (Å²) in [7, 11) is 0. The third-order valence-corrected chi connectivity index (χ3v) is 4.91. The maximum atomic E-state index is 12.1. The van der Waals surface area contributed by atoms with E-state index < -0.39 is 23.9 Å². The number of amides is 2. The van der Waals surface area contributed by atoms with Crippen molar-refractivity contribution < 1.29 is 23.9 Å². The Labute approximate surface area is 206 Å². The summed E-state index contributed by atoms with van der Waals surface area (Å²) in [6.45, 7) is 1.74. The Morgan fingerprint density at radius 2 is 1.76 bits per heavy atom. The van der Waals surface area contributed by atoms with Crippen molar-refractivity contribution in [3.8, 4) is 5.75 Å². The van der Waals surface area contributed by atoms with Crippen molar-refractivity contribution in [1.29, 1.82) is 0 Å². The molecule has 0 saturated carbocycles. The van der Waals surface area contributed by atoms with Crippen molar-refractivity contribution >= 4 is 58.3 Å². The van der Waals surface area contributed by atoms with Crippen LogP contribution in [0.15, 0.2) is 48.5 Å². The topological polar surface area (TPSA) is 106 Å². The summed E-state index contributed by atoms with van der Waals surface area (Å²) in [4.78, 5) is 35.8. The lowest BCUT2D eigenvalue weighted by molar-refractivity contribution is -0.144. The summed E-state index contributed by atoms with van der Waals surface area (Å²) in [5.74, 6) is -1.26. The Balaban J connectivity index is 1.62. The van der Waals surface area contributed by atoms with E-state index in [1.807, 2.05) is 30.3 Å². The summed E-state index contributed by atoms with van der Waals surface area (Å²) < 4.78 is 10.6. The number of benzene rings is 2. The SMILES string of the molecule is CC(Oc1ccc(Cl)cc1Cl)C(=O)NNC(=S)NC(=O)CCC(=O)OCCc1ccccc1. The largest absolute Gasteiger partial charge is 0.479 e. The van der Waals surface area contributed by atoms with Crippen LogP contribution in [-0.2, 0) is 25.5 Å². The van der Waals surface area contributed by atoms with Crippen molar-refractivity contribution in [2.45, 2.75) is 32.3 Å². The minimum Gasteiger partial charge on any atom is -0.479 e. The van der Waals surface area contributed by atoms with Gasteiger partial charge < -0.3 is 14.8 Å². The minimum atomic E-state index is -0.916. The number of halogens is 2. The van der Waals surface area contributed by atoms with Crippen LogP contribution in [0.1, 0.15) is 25.3 Å². The number of hydrazine groups is 1. The maximum Gasteiger partial charge on any atom is 0.306 e. The molecule has 2 rings (SSSR count). The Morgan fingerprint density at radius 1 is 1.03 bits per heavy atom. The first kappa shape index (κ1) is 26.4. The molecular formula is C22H23Cl2N3O5S. The van der Waals surface area contributed by atoms with Gasteiger partial charge in [-0.25, -0.2) is 0 Å². The molecule has 0 aliphatic rings. The third kappa shape index (κ3) is 10.1. The molecule has 3 N–H and O–H groups in total. The normalized spacial score (nSPS) is 11.1. The third-order valence-electron chi connectivity index (χ3n) is 4.17. The fourth-order valence-electron chi connectivity index (χ4n) is 2.47. The lowest BCUT2D eigenvalue weighted by Gasteiger charge is -2.17. The quantitative estimate of drug-likeness (QED) is 0.269. The van der Waals surface area contributed by atoms with Crippen molar-refractivity contribution in [2.75, 3.05) is 6.61 Å². The van der Waals surface area contributed by atoms with E-state index in [1.165, 1.54) is 13.0 Å². The van der Waals surface area contributed by atoms with Gasteiger partial charge in [-0.15, -0.1) is 0 Å². The summed E-state index contributed by atoms with van der Waals surface area (Å²) >= 11 is 16.8. The Bertz CT molecular complexity index is 991. The Hall–Kier alpha value is -2.88. The zero-order valence-corrected chi connectivity index (χ0v) is 20.1. The predicted molar refractivity (Wildman–Crippen MR) is 129 cm³/mol. The number of carbonyl (C=O) groups excluding carboxylic acids is 3. The van der Waals surface area contributed by atoms with Crippen LogP contribution in [0, 0.1) is 0 Å². The average molecular weight is 512 g/mol. The van der Waals surface area contributed by atoms with E-state index in [9.17, 15) is 14.4 Å². The highest BCUT2D eigenvalue weighted by molar-refractivity contribution is 7.80. The van der Waals surface area contributed by atoms with E-state index in [4.69, 9.17) is 44.9 Å². The van der Waals surface area contributed by atoms with Gasteiger partial charge in [-0.3, -0.25) is 25.2 Å². The number of hydrogen-bond acceptors (Lipinski definition) is 6. The summed E-state index contributed by atoms with van der Waals surface area (Å²) in [5, 5.41) is 2.92. The van der Waals surface area contributed by atoms with E-state index in [-0.39, 0.29) is 35.3 Å². The number of carbonyl (C=O) groups is 3. The fourth-order valence-corrected chi connectivity index (χ4v) is 3.09. The minimum absolute atomic E-state index is 0.0949. The molecule has 0 aliphatic heterocycles. The van der Waals surface area contributed by atoms with Gasteiger partial charge in [0.2, 0.25) is 5.91 Å². The van der Waals surface area contributed by atoms with E-state index >= 15 is 0 Å². The molecule has 0 aromatic heterocycles. The molecule has 2 aromatic carbocycles. The average Bonchev–Trinajstić information content (AvgIpc) is 2.78. The van der Waals surface area contributed by atoms with Gasteiger partial charge in [0.25, 0.3) is 5.91 Å². The highest BCUT2D eigenvalue weighted by Crippen LogP contribution is 2.28. The van der Waals surface area contributed by atoms with Gasteiger partial charge in [0.15, 0.2) is 11.2 Å². The van der Waals surface area contributed by atoms with Crippen LogP contribution in [0.3, 0.4) is 0 Å². The van der Waals surface area contributed by atoms with Crippen molar-refractivity contribution in [3.05, 3.63) is 64.1 Å². The highest BCUT2D eigenvalue weighted by Gasteiger charge is 2.17. The van der Waals surface area contributed by atoms with E-state index in [1.54, 1.807) is 12.1 Å². The number of hydrogen-bond donors (Lipinski definition) is 3. The molecule has 0 spiro atoms. The molecule has 0 aliphatic carbocycles. The number of nitrogens with one attached hydrogen (secondary N) is 3. The van der Waals surface area contributed by atoms with Gasteiger partial charge in [-0.1, -0.05) is 53.5 Å². The number of thiocarbonyl (C=S) groups is 1. The lowest BCUT2D eigenvalue weighted by Crippen LogP contribution is -2.51. The second-order valence-corrected chi connectivity index (χ2v) is 8.03. The molecular weight excluding hydrogens is 489 g/mol. The van der Waals surface area contributed by atoms with E-state index in [2.05, 4.69) is 16.2 Å². The molecule has 0 heterocycles. The van der Waals surface area contributed by atoms with Gasteiger partial charge in [-0.05, 0) is 42.9 Å². The first-order valence-electron chi connectivity index (χ1n) is 9.95. The van der Waals surface area contributed by atoms with Crippen molar-refractivity contribution in [2.24, 2.45) is 0 Å². The van der Waals surface area contributed by atoms with E-state index in [0.29, 0.717) is 11.4 Å². The molecule has 0 radical (unpaired) electrons. The van der Waals surface area contributed by atoms with Gasteiger partial charge >= 0.3 is 5.97 Å². The summed E-state index contributed by atoms with van der Waals surface area (Å²) in [6, 6.07) is 14.2. The monoisotopic (exact) mass is 511 g/mol. The smallest absolute Gasteiger partial charge is 0.306 e. The zero-order chi connectivity index (χ0) is 24.2. The van der Waals surface area contributed by atoms with Gasteiger partial charge in [0.1, 0.15) is 5.75 Å². The summed E-state index contributed by atoms with van der Waals surface area (Å²) in [6.07, 6.45) is -0.532. The van der Waals surface area contributed by atoms with Crippen molar-refractivity contribution in [1.82, 2.24) is 16.2 Å². The van der Waals surface area contributed by atoms with Crippen LogP contribution < -0.4 is 20.9 Å². The van der Waals surface area contributed by atoms with Crippen LogP contribution in [-0.4, -0.2) is 35.6 Å². The van der Waals surface area contributed by atoms with Crippen molar-refractivity contribution in [3.63, 3.8) is 0 Å². The maximum absolute atomic E-state index is 12.1. The molecule has 1 atom stereocenters. The molecule has 0 bridgehead atoms. The molecule has 176 valence electrons. The first-order valence-corrected chi connectivity index (χ1v) is 11.1. The Kier molecular flexibility index (Phi) is 10.9. The van der Waals surface area contributed by atoms with Gasteiger partial charge in [0.05, 0.1) is 18.1 Å². The van der Waals surface area contributed by atoms with Crippen LogP contribution in [0.5, 0.6) is 5.75 Å². The highest BCUT2D eigenvalue weighted by atomic mass is 35.5. The van der Waals surface area contributed by atoms with Crippen LogP contribution >= 0.6 is 35.4 Å². The molecule has 11 heteroatoms. The molecule has 8 nitrogen and oxygen atoms in total. The fraction of sp³-hybridized carbons (Fsp3) is 0.273. The number of esters is 1. The first-order chi connectivity index (χ1) is 15.7. The molecule has 2 amide bonds. The zero-order valence-electron chi connectivity index (χ0n) is 17.7. The molecule has 0 fully saturated rings. The second kappa shape index (κ2) is 13.6. The Morgan fingerprint density at radius 3 is 2.45 bits per heavy atom. The number of ether oxygens (including phenoxy) is 2. The summed E-state index contributed by atoms with van der Waals surface area (Å²) in [5.41, 5.74) is 5.76. The van der Waals surface area contributed by atoms with Crippen LogP contribution in [0.4, 0.5) is 0 Å².